The van der Waals surface area contributed by atoms with Crippen LogP contribution in [0, 0.1) is 0 Å². The van der Waals surface area contributed by atoms with E-state index in [1.165, 1.54) is 18.5 Å². The maximum Gasteiger partial charge on any atom is 0.259 e. The number of hydrogen-bond donors (Lipinski definition) is 3. The van der Waals surface area contributed by atoms with Crippen molar-refractivity contribution < 1.29 is 18.3 Å². The Hall–Kier alpha value is -2.45. The number of amides is 1. The van der Waals surface area contributed by atoms with Gasteiger partial charge in [0.05, 0.1) is 17.5 Å². The minimum Gasteiger partial charge on any atom is -0.505 e. The second-order valence-corrected chi connectivity index (χ2v) is 5.97. The van der Waals surface area contributed by atoms with Crippen LogP contribution in [0.1, 0.15) is 15.9 Å². The molecule has 1 aromatic heterocycles. The van der Waals surface area contributed by atoms with Crippen LogP contribution in [0.3, 0.4) is 0 Å². The lowest BCUT2D eigenvalue weighted by Crippen LogP contribution is -2.15. The van der Waals surface area contributed by atoms with E-state index in [9.17, 15) is 18.3 Å². The Morgan fingerprint density at radius 3 is 2.48 bits per heavy atom. The molecule has 2 rings (SSSR count). The van der Waals surface area contributed by atoms with Crippen LogP contribution in [0.4, 0.5) is 5.69 Å². The van der Waals surface area contributed by atoms with Gasteiger partial charge in [0.1, 0.15) is 5.75 Å². The van der Waals surface area contributed by atoms with E-state index in [4.69, 9.17) is 5.14 Å². The van der Waals surface area contributed by atoms with Crippen molar-refractivity contribution in [3.63, 3.8) is 0 Å². The fourth-order valence-electron chi connectivity index (χ4n) is 1.69. The van der Waals surface area contributed by atoms with Gasteiger partial charge in [-0.25, -0.2) is 13.6 Å². The predicted octanol–water partition coefficient (Wildman–Crippen LogP) is 0.828. The molecular formula is C13H13N3O4S. The highest BCUT2D eigenvalue weighted by atomic mass is 32.2. The van der Waals surface area contributed by atoms with Gasteiger partial charge in [0.15, 0.2) is 0 Å². The summed E-state index contributed by atoms with van der Waals surface area (Å²) in [6, 6.07) is 7.59. The summed E-state index contributed by atoms with van der Waals surface area (Å²) in [4.78, 5) is 15.6. The molecule has 0 bridgehead atoms. The number of benzene rings is 1. The van der Waals surface area contributed by atoms with Crippen LogP contribution >= 0.6 is 0 Å². The first kappa shape index (κ1) is 14.9. The minimum absolute atomic E-state index is 0.0959. The molecule has 110 valence electrons. The van der Waals surface area contributed by atoms with Crippen molar-refractivity contribution in [2.45, 2.75) is 5.75 Å². The van der Waals surface area contributed by atoms with Crippen LogP contribution < -0.4 is 10.5 Å². The zero-order chi connectivity index (χ0) is 15.5. The van der Waals surface area contributed by atoms with Crippen molar-refractivity contribution >= 4 is 21.6 Å². The SMILES string of the molecule is NS(=O)(=O)Cc1ccc(NC(=O)c2ccncc2O)cc1. The van der Waals surface area contributed by atoms with E-state index in [2.05, 4.69) is 10.3 Å². The summed E-state index contributed by atoms with van der Waals surface area (Å²) in [5, 5.41) is 17.1. The molecule has 2 aromatic rings. The number of aromatic nitrogens is 1. The number of aromatic hydroxyl groups is 1. The summed E-state index contributed by atoms with van der Waals surface area (Å²) in [7, 11) is -3.59. The number of pyridine rings is 1. The molecule has 0 saturated carbocycles. The highest BCUT2D eigenvalue weighted by Gasteiger charge is 2.11. The molecule has 0 saturated heterocycles. The summed E-state index contributed by atoms with van der Waals surface area (Å²) in [6.45, 7) is 0. The number of carbonyl (C=O) groups is 1. The smallest absolute Gasteiger partial charge is 0.259 e. The number of nitrogens with one attached hydrogen (secondary N) is 1. The molecule has 1 amide bonds. The highest BCUT2D eigenvalue weighted by molar-refractivity contribution is 7.88. The molecular weight excluding hydrogens is 294 g/mol. The standard InChI is InChI=1S/C13H13N3O4S/c14-21(19,20)8-9-1-3-10(4-2-9)16-13(18)11-5-6-15-7-12(11)17/h1-7,17H,8H2,(H,16,18)(H2,14,19,20). The first-order chi connectivity index (χ1) is 9.85. The maximum absolute atomic E-state index is 11.9. The van der Waals surface area contributed by atoms with Gasteiger partial charge in [0.25, 0.3) is 5.91 Å². The van der Waals surface area contributed by atoms with Gasteiger partial charge in [0, 0.05) is 11.9 Å². The van der Waals surface area contributed by atoms with Crippen LogP contribution in [-0.2, 0) is 15.8 Å². The lowest BCUT2D eigenvalue weighted by Gasteiger charge is -2.07. The van der Waals surface area contributed by atoms with Gasteiger partial charge in [-0.15, -0.1) is 0 Å². The monoisotopic (exact) mass is 307 g/mol. The largest absolute Gasteiger partial charge is 0.505 e. The van der Waals surface area contributed by atoms with Crippen LogP contribution in [0.5, 0.6) is 5.75 Å². The molecule has 1 aromatic carbocycles. The van der Waals surface area contributed by atoms with Crippen molar-refractivity contribution in [2.24, 2.45) is 5.14 Å². The Morgan fingerprint density at radius 2 is 1.90 bits per heavy atom. The van der Waals surface area contributed by atoms with Gasteiger partial charge in [-0.05, 0) is 23.8 Å². The molecule has 1 heterocycles. The molecule has 0 aliphatic heterocycles. The van der Waals surface area contributed by atoms with Crippen molar-refractivity contribution in [1.82, 2.24) is 4.98 Å². The first-order valence-corrected chi connectivity index (χ1v) is 7.60. The van der Waals surface area contributed by atoms with E-state index in [-0.39, 0.29) is 17.1 Å². The molecule has 0 radical (unpaired) electrons. The van der Waals surface area contributed by atoms with E-state index in [0.717, 1.165) is 0 Å². The van der Waals surface area contributed by atoms with Gasteiger partial charge >= 0.3 is 0 Å². The fraction of sp³-hybridized carbons (Fsp3) is 0.0769. The molecule has 0 spiro atoms. The third-order valence-corrected chi connectivity index (χ3v) is 3.36. The van der Waals surface area contributed by atoms with Crippen LogP contribution in [0.25, 0.3) is 0 Å². The zero-order valence-corrected chi connectivity index (χ0v) is 11.7. The number of rotatable bonds is 4. The average molecular weight is 307 g/mol. The molecule has 7 nitrogen and oxygen atoms in total. The normalized spacial score (nSPS) is 11.1. The molecule has 21 heavy (non-hydrogen) atoms. The predicted molar refractivity (Wildman–Crippen MR) is 77.1 cm³/mol. The number of anilines is 1. The Kier molecular flexibility index (Phi) is 4.20. The molecule has 8 heteroatoms. The number of primary sulfonamides is 1. The van der Waals surface area contributed by atoms with Crippen LogP contribution in [0.2, 0.25) is 0 Å². The molecule has 0 aliphatic rings. The van der Waals surface area contributed by atoms with Gasteiger partial charge in [-0.2, -0.15) is 0 Å². The summed E-state index contributed by atoms with van der Waals surface area (Å²) in [6.07, 6.45) is 2.56. The lowest BCUT2D eigenvalue weighted by atomic mass is 10.2. The number of carbonyl (C=O) groups excluding carboxylic acids is 1. The van der Waals surface area contributed by atoms with Gasteiger partial charge < -0.3 is 10.4 Å². The Bertz CT molecular complexity index is 757. The lowest BCUT2D eigenvalue weighted by molar-refractivity contribution is 0.102. The fourth-order valence-corrected chi connectivity index (χ4v) is 2.35. The summed E-state index contributed by atoms with van der Waals surface area (Å²) >= 11 is 0. The average Bonchev–Trinajstić information content (AvgIpc) is 2.40. The number of sulfonamides is 1. The Labute approximate surface area is 121 Å². The molecule has 0 atom stereocenters. The number of hydrogen-bond acceptors (Lipinski definition) is 5. The van der Waals surface area contributed by atoms with Crippen LogP contribution in [0.15, 0.2) is 42.7 Å². The molecule has 0 fully saturated rings. The molecule has 0 unspecified atom stereocenters. The second kappa shape index (κ2) is 5.90. The summed E-state index contributed by atoms with van der Waals surface area (Å²) in [5.41, 5.74) is 1.08. The minimum atomic E-state index is -3.59. The van der Waals surface area contributed by atoms with Crippen LogP contribution in [-0.4, -0.2) is 24.4 Å². The summed E-state index contributed by atoms with van der Waals surface area (Å²) < 4.78 is 21.9. The van der Waals surface area contributed by atoms with Crippen molar-refractivity contribution in [3.05, 3.63) is 53.9 Å². The van der Waals surface area contributed by atoms with E-state index in [1.807, 2.05) is 0 Å². The Balaban J connectivity index is 2.10. The zero-order valence-electron chi connectivity index (χ0n) is 10.9. The Morgan fingerprint density at radius 1 is 1.24 bits per heavy atom. The van der Waals surface area contributed by atoms with Crippen molar-refractivity contribution in [1.29, 1.82) is 0 Å². The molecule has 4 N–H and O–H groups in total. The van der Waals surface area contributed by atoms with E-state index < -0.39 is 15.9 Å². The third-order valence-electron chi connectivity index (χ3n) is 2.62. The quantitative estimate of drug-likeness (QED) is 0.772. The second-order valence-electron chi connectivity index (χ2n) is 4.35. The topological polar surface area (TPSA) is 122 Å². The highest BCUT2D eigenvalue weighted by Crippen LogP contribution is 2.17. The number of nitrogens with two attached hydrogens (primary N) is 1. The van der Waals surface area contributed by atoms with E-state index >= 15 is 0 Å². The van der Waals surface area contributed by atoms with Crippen molar-refractivity contribution in [3.8, 4) is 5.75 Å². The summed E-state index contributed by atoms with van der Waals surface area (Å²) in [5.74, 6) is -0.984. The van der Waals surface area contributed by atoms with Gasteiger partial charge in [-0.3, -0.25) is 9.78 Å². The van der Waals surface area contributed by atoms with E-state index in [0.29, 0.717) is 11.3 Å². The molecule has 0 aliphatic carbocycles. The van der Waals surface area contributed by atoms with Gasteiger partial charge in [0.2, 0.25) is 10.0 Å². The number of nitrogens with zero attached hydrogens (tertiary/aromatic N) is 1. The van der Waals surface area contributed by atoms with E-state index in [1.54, 1.807) is 24.3 Å². The maximum atomic E-state index is 11.9. The van der Waals surface area contributed by atoms with Crippen molar-refractivity contribution in [2.75, 3.05) is 5.32 Å². The third kappa shape index (κ3) is 4.26. The van der Waals surface area contributed by atoms with Gasteiger partial charge in [-0.1, -0.05) is 12.1 Å². The first-order valence-electron chi connectivity index (χ1n) is 5.89.